The van der Waals surface area contributed by atoms with E-state index >= 15 is 0 Å². The number of fused-ring (bicyclic) bond motifs is 4. The highest BCUT2D eigenvalue weighted by Crippen LogP contribution is 2.45. The van der Waals surface area contributed by atoms with Crippen molar-refractivity contribution in [2.75, 3.05) is 0 Å². The third-order valence-corrected chi connectivity index (χ3v) is 6.16. The maximum absolute atomic E-state index is 13.5. The zero-order valence-corrected chi connectivity index (χ0v) is 17.3. The van der Waals surface area contributed by atoms with Gasteiger partial charge in [0, 0.05) is 33.6 Å². The van der Waals surface area contributed by atoms with Gasteiger partial charge in [0.25, 0.3) is 5.91 Å². The third-order valence-electron chi connectivity index (χ3n) is 5.91. The van der Waals surface area contributed by atoms with Crippen molar-refractivity contribution in [1.82, 2.24) is 14.8 Å². The van der Waals surface area contributed by atoms with Crippen LogP contribution in [0.4, 0.5) is 4.79 Å². The summed E-state index contributed by atoms with van der Waals surface area (Å²) in [7, 11) is 0. The minimum atomic E-state index is -0.578. The van der Waals surface area contributed by atoms with Crippen LogP contribution in [-0.4, -0.2) is 38.3 Å². The van der Waals surface area contributed by atoms with Crippen LogP contribution in [0.1, 0.15) is 43.6 Å². The Morgan fingerprint density at radius 3 is 2.41 bits per heavy atom. The first-order valence-corrected chi connectivity index (χ1v) is 10.2. The molecule has 0 bridgehead atoms. The molecule has 2 aliphatic heterocycles. The van der Waals surface area contributed by atoms with Crippen molar-refractivity contribution in [3.63, 3.8) is 0 Å². The van der Waals surface area contributed by atoms with Gasteiger partial charge in [-0.15, -0.1) is 0 Å². The minimum Gasteiger partial charge on any atom is -0.356 e. The van der Waals surface area contributed by atoms with E-state index in [2.05, 4.69) is 11.1 Å². The first-order valence-electron chi connectivity index (χ1n) is 9.78. The average Bonchev–Trinajstić information content (AvgIpc) is 3.16. The fourth-order valence-electron chi connectivity index (χ4n) is 4.68. The summed E-state index contributed by atoms with van der Waals surface area (Å²) in [4.78, 5) is 33.5. The van der Waals surface area contributed by atoms with Gasteiger partial charge in [-0.2, -0.15) is 0 Å². The van der Waals surface area contributed by atoms with Gasteiger partial charge < -0.3 is 4.98 Å². The molecule has 148 valence electrons. The number of benzene rings is 2. The number of urea groups is 1. The highest BCUT2D eigenvalue weighted by Gasteiger charge is 2.55. The molecule has 1 N–H and O–H groups in total. The minimum absolute atomic E-state index is 0.127. The van der Waals surface area contributed by atoms with E-state index in [1.54, 1.807) is 4.90 Å². The number of hydrogen-bond donors (Lipinski definition) is 1. The topological polar surface area (TPSA) is 56.4 Å². The molecule has 1 saturated heterocycles. The van der Waals surface area contributed by atoms with Gasteiger partial charge >= 0.3 is 6.03 Å². The van der Waals surface area contributed by atoms with Gasteiger partial charge in [-0.1, -0.05) is 41.9 Å². The van der Waals surface area contributed by atoms with Crippen molar-refractivity contribution in [2.45, 2.75) is 44.8 Å². The number of hydrogen-bond acceptors (Lipinski definition) is 2. The third kappa shape index (κ3) is 2.60. The van der Waals surface area contributed by atoms with Crippen molar-refractivity contribution in [3.05, 3.63) is 70.4 Å². The van der Waals surface area contributed by atoms with Gasteiger partial charge in [0.05, 0.1) is 0 Å². The molecule has 29 heavy (non-hydrogen) atoms. The number of aromatic nitrogens is 1. The fraction of sp³-hybridized carbons (Fsp3) is 0.304. The predicted molar refractivity (Wildman–Crippen MR) is 113 cm³/mol. The molecule has 0 radical (unpaired) electrons. The lowest BCUT2D eigenvalue weighted by atomic mass is 9.89. The highest BCUT2D eigenvalue weighted by molar-refractivity contribution is 6.30. The molecule has 0 aliphatic carbocycles. The van der Waals surface area contributed by atoms with Crippen LogP contribution in [0.25, 0.3) is 10.9 Å². The summed E-state index contributed by atoms with van der Waals surface area (Å²) < 4.78 is 0. The molecule has 5 nitrogen and oxygen atoms in total. The smallest absolute Gasteiger partial charge is 0.328 e. The summed E-state index contributed by atoms with van der Waals surface area (Å²) >= 11 is 6.11. The number of halogens is 1. The van der Waals surface area contributed by atoms with E-state index in [4.69, 9.17) is 11.6 Å². The van der Waals surface area contributed by atoms with E-state index in [0.29, 0.717) is 11.4 Å². The van der Waals surface area contributed by atoms with Gasteiger partial charge in [-0.05, 0) is 50.1 Å². The van der Waals surface area contributed by atoms with Crippen molar-refractivity contribution in [3.8, 4) is 0 Å². The summed E-state index contributed by atoms with van der Waals surface area (Å²) in [5.41, 5.74) is 3.46. The molecule has 2 atom stereocenters. The second kappa shape index (κ2) is 6.10. The monoisotopic (exact) mass is 407 g/mol. The van der Waals surface area contributed by atoms with Crippen LogP contribution >= 0.6 is 11.6 Å². The van der Waals surface area contributed by atoms with Gasteiger partial charge in [-0.3, -0.25) is 14.6 Å². The van der Waals surface area contributed by atoms with E-state index in [1.165, 1.54) is 4.90 Å². The first-order chi connectivity index (χ1) is 13.8. The largest absolute Gasteiger partial charge is 0.356 e. The number of nitrogens with zero attached hydrogens (tertiary/aromatic N) is 2. The molecule has 2 aromatic carbocycles. The molecule has 0 saturated carbocycles. The number of para-hydroxylation sites is 1. The summed E-state index contributed by atoms with van der Waals surface area (Å²) in [5, 5.41) is 1.74. The molecule has 6 heteroatoms. The molecule has 2 aliphatic rings. The number of carbonyl (C=O) groups is 2. The van der Waals surface area contributed by atoms with Crippen LogP contribution in [-0.2, 0) is 11.2 Å². The Morgan fingerprint density at radius 1 is 1.03 bits per heavy atom. The number of H-pyrrole nitrogens is 1. The molecule has 3 aromatic rings. The standard InChI is InChI=1S/C23H22ClN3O2/c1-23(2,3)27-21(28)18-12-16-15-6-4-5-7-17(15)25-19(16)20(26(18)22(27)29)13-8-10-14(24)11-9-13/h4-11,18,20,25H,12H2,1-3H3/t18-,20-/m1/s1. The maximum atomic E-state index is 13.5. The summed E-state index contributed by atoms with van der Waals surface area (Å²) in [6.07, 6.45) is 0.514. The molecule has 1 aromatic heterocycles. The maximum Gasteiger partial charge on any atom is 0.328 e. The van der Waals surface area contributed by atoms with E-state index in [0.717, 1.165) is 27.7 Å². The quantitative estimate of drug-likeness (QED) is 0.583. The summed E-state index contributed by atoms with van der Waals surface area (Å²) in [6.45, 7) is 5.69. The lowest BCUT2D eigenvalue weighted by Crippen LogP contribution is -2.46. The van der Waals surface area contributed by atoms with E-state index < -0.39 is 11.6 Å². The Balaban J connectivity index is 1.74. The molecular formula is C23H22ClN3O2. The fourth-order valence-corrected chi connectivity index (χ4v) is 4.81. The molecule has 0 unspecified atom stereocenters. The SMILES string of the molecule is CC(C)(C)N1C(=O)[C@H]2Cc3c([nH]c4ccccc34)[C@@H](c3ccc(Cl)cc3)N2C1=O. The van der Waals surface area contributed by atoms with Crippen LogP contribution in [0, 0.1) is 0 Å². The number of carbonyl (C=O) groups excluding carboxylic acids is 2. The molecule has 1 fully saturated rings. The molecule has 0 spiro atoms. The van der Waals surface area contributed by atoms with Gasteiger partial charge in [0.2, 0.25) is 0 Å². The highest BCUT2D eigenvalue weighted by atomic mass is 35.5. The second-order valence-corrected chi connectivity index (χ2v) is 9.21. The lowest BCUT2D eigenvalue weighted by molar-refractivity contribution is -0.131. The number of imide groups is 1. The average molecular weight is 408 g/mol. The molecule has 5 rings (SSSR count). The number of aromatic amines is 1. The normalized spacial score (nSPS) is 21.7. The molecule has 3 heterocycles. The van der Waals surface area contributed by atoms with Crippen LogP contribution in [0.3, 0.4) is 0 Å². The van der Waals surface area contributed by atoms with Crippen LogP contribution in [0.5, 0.6) is 0 Å². The van der Waals surface area contributed by atoms with Crippen molar-refractivity contribution < 1.29 is 9.59 Å². The summed E-state index contributed by atoms with van der Waals surface area (Å²) in [5.74, 6) is -0.127. The Kier molecular flexibility index (Phi) is 3.84. The Bertz CT molecular complexity index is 1140. The van der Waals surface area contributed by atoms with Crippen LogP contribution < -0.4 is 0 Å². The van der Waals surface area contributed by atoms with E-state index in [1.807, 2.05) is 63.2 Å². The second-order valence-electron chi connectivity index (χ2n) is 8.77. The lowest BCUT2D eigenvalue weighted by Gasteiger charge is -2.36. The number of amides is 3. The van der Waals surface area contributed by atoms with Gasteiger partial charge in [-0.25, -0.2) is 4.79 Å². The van der Waals surface area contributed by atoms with E-state index in [-0.39, 0.29) is 18.0 Å². The zero-order chi connectivity index (χ0) is 20.5. The van der Waals surface area contributed by atoms with Crippen LogP contribution in [0.15, 0.2) is 48.5 Å². The van der Waals surface area contributed by atoms with Crippen molar-refractivity contribution in [2.24, 2.45) is 0 Å². The predicted octanol–water partition coefficient (Wildman–Crippen LogP) is 4.90. The Hall–Kier alpha value is -2.79. The first kappa shape index (κ1) is 18.3. The Labute approximate surface area is 174 Å². The van der Waals surface area contributed by atoms with Gasteiger partial charge in [0.1, 0.15) is 12.1 Å². The zero-order valence-electron chi connectivity index (χ0n) is 16.6. The molecule has 3 amide bonds. The number of rotatable bonds is 1. The molecular weight excluding hydrogens is 386 g/mol. The van der Waals surface area contributed by atoms with Crippen LogP contribution in [0.2, 0.25) is 5.02 Å². The van der Waals surface area contributed by atoms with Crippen molar-refractivity contribution in [1.29, 1.82) is 0 Å². The van der Waals surface area contributed by atoms with E-state index in [9.17, 15) is 9.59 Å². The van der Waals surface area contributed by atoms with Crippen molar-refractivity contribution >= 4 is 34.4 Å². The Morgan fingerprint density at radius 2 is 1.72 bits per heavy atom. The van der Waals surface area contributed by atoms with Gasteiger partial charge in [0.15, 0.2) is 0 Å². The summed E-state index contributed by atoms with van der Waals surface area (Å²) in [6, 6.07) is 14.5. The number of nitrogens with one attached hydrogen (secondary N) is 1.